The van der Waals surface area contributed by atoms with Crippen LogP contribution in [-0.4, -0.2) is 15.0 Å². The molecule has 0 amide bonds. The van der Waals surface area contributed by atoms with Gasteiger partial charge >= 0.3 is 0 Å². The highest BCUT2D eigenvalue weighted by atomic mass is 32.1. The van der Waals surface area contributed by atoms with E-state index in [0.717, 1.165) is 22.7 Å². The molecule has 5 heteroatoms. The van der Waals surface area contributed by atoms with Gasteiger partial charge < -0.3 is 5.73 Å². The number of aromatic nitrogens is 3. The number of aryl methyl sites for hydroxylation is 1. The van der Waals surface area contributed by atoms with E-state index in [2.05, 4.69) is 29.4 Å². The number of benzene rings is 1. The Hall–Kier alpha value is -2.14. The third-order valence-electron chi connectivity index (χ3n) is 3.05. The first-order valence-electron chi connectivity index (χ1n) is 6.14. The second kappa shape index (κ2) is 4.85. The molecule has 0 fully saturated rings. The van der Waals surface area contributed by atoms with Crippen LogP contribution in [0, 0.1) is 0 Å². The topological polar surface area (TPSA) is 56.7 Å². The van der Waals surface area contributed by atoms with E-state index in [1.807, 2.05) is 29.6 Å². The summed E-state index contributed by atoms with van der Waals surface area (Å²) < 4.78 is 1.68. The lowest BCUT2D eigenvalue weighted by Gasteiger charge is -2.04. The summed E-state index contributed by atoms with van der Waals surface area (Å²) in [5.41, 5.74) is 9.11. The molecule has 4 nitrogen and oxygen atoms in total. The Kier molecular flexibility index (Phi) is 3.05. The molecule has 2 heterocycles. The highest BCUT2D eigenvalue weighted by Gasteiger charge is 2.13. The van der Waals surface area contributed by atoms with Crippen molar-refractivity contribution in [1.29, 1.82) is 0 Å². The fraction of sp³-hybridized carbons (Fsp3) is 0.143. The number of rotatable bonds is 3. The minimum absolute atomic E-state index is 0.576. The zero-order chi connectivity index (χ0) is 13.2. The second-order valence-corrected chi connectivity index (χ2v) is 5.18. The molecule has 0 bridgehead atoms. The average Bonchev–Trinajstić information content (AvgIpc) is 3.08. The number of thiophene rings is 1. The Morgan fingerprint density at radius 3 is 2.63 bits per heavy atom. The van der Waals surface area contributed by atoms with E-state index in [9.17, 15) is 0 Å². The van der Waals surface area contributed by atoms with Crippen LogP contribution in [0.1, 0.15) is 12.5 Å². The van der Waals surface area contributed by atoms with Crippen LogP contribution in [0.5, 0.6) is 0 Å². The largest absolute Gasteiger partial charge is 0.382 e. The molecule has 0 aliphatic carbocycles. The Bertz CT molecular complexity index is 668. The number of hydrogen-bond acceptors (Lipinski definition) is 4. The van der Waals surface area contributed by atoms with E-state index in [1.165, 1.54) is 5.56 Å². The summed E-state index contributed by atoms with van der Waals surface area (Å²) in [6.45, 7) is 2.13. The lowest BCUT2D eigenvalue weighted by atomic mass is 10.1. The number of nitrogen functional groups attached to an aromatic ring is 1. The number of hydrogen-bond donors (Lipinski definition) is 1. The molecule has 2 aromatic heterocycles. The van der Waals surface area contributed by atoms with Crippen LogP contribution >= 0.6 is 11.3 Å². The SMILES string of the molecule is CCc1ccc(-n2nnc(-c3cccs3)c2N)cc1. The number of nitrogens with two attached hydrogens (primary N) is 1. The summed E-state index contributed by atoms with van der Waals surface area (Å²) >= 11 is 1.61. The van der Waals surface area contributed by atoms with E-state index in [-0.39, 0.29) is 0 Å². The Morgan fingerprint density at radius 2 is 2.00 bits per heavy atom. The summed E-state index contributed by atoms with van der Waals surface area (Å²) in [5, 5.41) is 10.3. The monoisotopic (exact) mass is 270 g/mol. The maximum Gasteiger partial charge on any atom is 0.156 e. The molecule has 2 N–H and O–H groups in total. The van der Waals surface area contributed by atoms with Gasteiger partial charge in [-0.15, -0.1) is 16.4 Å². The molecule has 0 radical (unpaired) electrons. The molecule has 96 valence electrons. The summed E-state index contributed by atoms with van der Waals surface area (Å²) in [7, 11) is 0. The molecular formula is C14H14N4S. The Balaban J connectivity index is 2.01. The van der Waals surface area contributed by atoms with E-state index >= 15 is 0 Å². The molecule has 0 spiro atoms. The Labute approximate surface area is 115 Å². The zero-order valence-electron chi connectivity index (χ0n) is 10.6. The molecule has 0 aliphatic heterocycles. The maximum absolute atomic E-state index is 6.14. The first kappa shape index (κ1) is 11.9. The van der Waals surface area contributed by atoms with Crippen LogP contribution in [0.3, 0.4) is 0 Å². The van der Waals surface area contributed by atoms with Crippen LogP contribution < -0.4 is 5.73 Å². The van der Waals surface area contributed by atoms with Gasteiger partial charge in [0.15, 0.2) is 5.82 Å². The first-order chi connectivity index (χ1) is 9.29. The standard InChI is InChI=1S/C14H14N4S/c1-2-10-5-7-11(8-6-10)18-14(15)13(16-17-18)12-4-3-9-19-12/h3-9H,2,15H2,1H3. The number of nitrogens with zero attached hydrogens (tertiary/aromatic N) is 3. The van der Waals surface area contributed by atoms with Crippen molar-refractivity contribution >= 4 is 17.2 Å². The molecule has 1 aromatic carbocycles. The molecule has 0 atom stereocenters. The molecule has 0 saturated carbocycles. The van der Waals surface area contributed by atoms with Gasteiger partial charge in [-0.2, -0.15) is 4.68 Å². The van der Waals surface area contributed by atoms with Crippen molar-refractivity contribution in [2.75, 3.05) is 5.73 Å². The molecule has 0 unspecified atom stereocenters. The molecule has 19 heavy (non-hydrogen) atoms. The quantitative estimate of drug-likeness (QED) is 0.795. The predicted octanol–water partition coefficient (Wildman–Crippen LogP) is 3.14. The van der Waals surface area contributed by atoms with Gasteiger partial charge in [-0.05, 0) is 35.6 Å². The number of anilines is 1. The van der Waals surface area contributed by atoms with E-state index in [4.69, 9.17) is 5.73 Å². The maximum atomic E-state index is 6.14. The molecule has 0 aliphatic rings. The second-order valence-electron chi connectivity index (χ2n) is 4.23. The predicted molar refractivity (Wildman–Crippen MR) is 78.5 cm³/mol. The van der Waals surface area contributed by atoms with Gasteiger partial charge in [-0.3, -0.25) is 0 Å². The van der Waals surface area contributed by atoms with Crippen molar-refractivity contribution < 1.29 is 0 Å². The van der Waals surface area contributed by atoms with Crippen LogP contribution in [0.15, 0.2) is 41.8 Å². The molecule has 0 saturated heterocycles. The summed E-state index contributed by atoms with van der Waals surface area (Å²) in [5.74, 6) is 0.576. The van der Waals surface area contributed by atoms with Gasteiger partial charge in [-0.25, -0.2) is 0 Å². The third-order valence-corrected chi connectivity index (χ3v) is 3.93. The van der Waals surface area contributed by atoms with Gasteiger partial charge in [0.2, 0.25) is 0 Å². The average molecular weight is 270 g/mol. The lowest BCUT2D eigenvalue weighted by molar-refractivity contribution is 0.810. The summed E-state index contributed by atoms with van der Waals surface area (Å²) in [4.78, 5) is 1.04. The molecule has 3 rings (SSSR count). The zero-order valence-corrected chi connectivity index (χ0v) is 11.4. The highest BCUT2D eigenvalue weighted by molar-refractivity contribution is 7.13. The van der Waals surface area contributed by atoms with Gasteiger partial charge in [0.1, 0.15) is 5.69 Å². The van der Waals surface area contributed by atoms with Crippen molar-refractivity contribution in [3.05, 3.63) is 47.3 Å². The Morgan fingerprint density at radius 1 is 1.21 bits per heavy atom. The lowest BCUT2D eigenvalue weighted by Crippen LogP contribution is -2.02. The van der Waals surface area contributed by atoms with E-state index < -0.39 is 0 Å². The van der Waals surface area contributed by atoms with Crippen molar-refractivity contribution in [2.45, 2.75) is 13.3 Å². The van der Waals surface area contributed by atoms with E-state index in [1.54, 1.807) is 16.0 Å². The van der Waals surface area contributed by atoms with Gasteiger partial charge in [-0.1, -0.05) is 30.3 Å². The molecular weight excluding hydrogens is 256 g/mol. The van der Waals surface area contributed by atoms with Crippen LogP contribution in [-0.2, 0) is 6.42 Å². The summed E-state index contributed by atoms with van der Waals surface area (Å²) in [6.07, 6.45) is 1.02. The van der Waals surface area contributed by atoms with Crippen LogP contribution in [0.2, 0.25) is 0 Å². The fourth-order valence-electron chi connectivity index (χ4n) is 1.94. The van der Waals surface area contributed by atoms with Gasteiger partial charge in [0.25, 0.3) is 0 Å². The molecule has 3 aromatic rings. The van der Waals surface area contributed by atoms with Gasteiger partial charge in [0, 0.05) is 0 Å². The smallest absolute Gasteiger partial charge is 0.156 e. The minimum atomic E-state index is 0.576. The van der Waals surface area contributed by atoms with Crippen molar-refractivity contribution in [3.63, 3.8) is 0 Å². The van der Waals surface area contributed by atoms with Gasteiger partial charge in [0.05, 0.1) is 10.6 Å². The normalized spacial score (nSPS) is 10.8. The van der Waals surface area contributed by atoms with Crippen molar-refractivity contribution in [2.24, 2.45) is 0 Å². The first-order valence-corrected chi connectivity index (χ1v) is 7.02. The highest BCUT2D eigenvalue weighted by Crippen LogP contribution is 2.28. The minimum Gasteiger partial charge on any atom is -0.382 e. The van der Waals surface area contributed by atoms with Crippen molar-refractivity contribution in [1.82, 2.24) is 15.0 Å². The fourth-order valence-corrected chi connectivity index (χ4v) is 2.66. The third kappa shape index (κ3) is 2.13. The van der Waals surface area contributed by atoms with E-state index in [0.29, 0.717) is 5.82 Å². The van der Waals surface area contributed by atoms with Crippen LogP contribution in [0.4, 0.5) is 5.82 Å². The van der Waals surface area contributed by atoms with Crippen molar-refractivity contribution in [3.8, 4) is 16.3 Å². The summed E-state index contributed by atoms with van der Waals surface area (Å²) in [6, 6.07) is 12.2. The van der Waals surface area contributed by atoms with Crippen LogP contribution in [0.25, 0.3) is 16.3 Å².